The van der Waals surface area contributed by atoms with E-state index in [1.807, 2.05) is 6.07 Å². The van der Waals surface area contributed by atoms with Gasteiger partial charge in [-0.2, -0.15) is 5.26 Å². The smallest absolute Gasteiger partial charge is 0.239 e. The van der Waals surface area contributed by atoms with E-state index >= 15 is 0 Å². The average molecular weight is 200 g/mol. The molecule has 1 aromatic heterocycles. The van der Waals surface area contributed by atoms with Crippen LogP contribution in [0.2, 0.25) is 0 Å². The van der Waals surface area contributed by atoms with E-state index in [1.165, 1.54) is 23.9 Å². The van der Waals surface area contributed by atoms with Crippen LogP contribution in [0.4, 0.5) is 8.78 Å². The Morgan fingerprint density at radius 2 is 2.23 bits per heavy atom. The van der Waals surface area contributed by atoms with Gasteiger partial charge in [0.1, 0.15) is 16.8 Å². The molecule has 0 bridgehead atoms. The summed E-state index contributed by atoms with van der Waals surface area (Å²) in [6.07, 6.45) is -0.892. The first-order chi connectivity index (χ1) is 6.19. The van der Waals surface area contributed by atoms with E-state index in [2.05, 4.69) is 4.98 Å². The molecule has 1 aromatic rings. The van der Waals surface area contributed by atoms with Crippen LogP contribution < -0.4 is 0 Å². The lowest BCUT2D eigenvalue weighted by Gasteiger charge is -2.02. The number of hydrogen-bond acceptors (Lipinski definition) is 3. The van der Waals surface area contributed by atoms with Crippen molar-refractivity contribution in [2.75, 3.05) is 6.26 Å². The highest BCUT2D eigenvalue weighted by Gasteiger charge is 2.11. The summed E-state index contributed by atoms with van der Waals surface area (Å²) >= 11 is 1.18. The van der Waals surface area contributed by atoms with Crippen molar-refractivity contribution in [2.24, 2.45) is 0 Å². The molecule has 13 heavy (non-hydrogen) atoms. The summed E-state index contributed by atoms with van der Waals surface area (Å²) in [6.45, 7) is 0. The lowest BCUT2D eigenvalue weighted by atomic mass is 10.3. The number of halogens is 2. The zero-order valence-corrected chi connectivity index (χ0v) is 7.61. The first-order valence-electron chi connectivity index (χ1n) is 3.42. The summed E-state index contributed by atoms with van der Waals surface area (Å²) < 4.78 is 24.3. The molecule has 0 N–H and O–H groups in total. The van der Waals surface area contributed by atoms with Gasteiger partial charge in [-0.25, -0.2) is 13.8 Å². The summed E-state index contributed by atoms with van der Waals surface area (Å²) in [4.78, 5) is 3.65. The molecule has 0 aromatic carbocycles. The fourth-order valence-electron chi connectivity index (χ4n) is 0.817. The van der Waals surface area contributed by atoms with Crippen LogP contribution in [0.3, 0.4) is 0 Å². The number of pyridine rings is 1. The van der Waals surface area contributed by atoms with Crippen molar-refractivity contribution in [2.45, 2.75) is 11.5 Å². The summed E-state index contributed by atoms with van der Waals surface area (Å²) in [5, 5.41) is 8.94. The van der Waals surface area contributed by atoms with Crippen molar-refractivity contribution in [3.8, 4) is 6.07 Å². The van der Waals surface area contributed by atoms with Crippen molar-refractivity contribution in [3.05, 3.63) is 23.4 Å². The Hall–Kier alpha value is -1.15. The Bertz CT molecular complexity index is 346. The van der Waals surface area contributed by atoms with Crippen LogP contribution in [0, 0.1) is 11.3 Å². The van der Waals surface area contributed by atoms with Gasteiger partial charge >= 0.3 is 0 Å². The Morgan fingerprint density at radius 1 is 1.54 bits per heavy atom. The quantitative estimate of drug-likeness (QED) is 0.688. The molecule has 0 aliphatic heterocycles. The molecule has 0 spiro atoms. The van der Waals surface area contributed by atoms with Crippen molar-refractivity contribution < 1.29 is 8.78 Å². The van der Waals surface area contributed by atoms with Crippen LogP contribution in [0.15, 0.2) is 17.2 Å². The van der Waals surface area contributed by atoms with E-state index < -0.39 is 6.43 Å². The second-order valence-electron chi connectivity index (χ2n) is 2.21. The minimum absolute atomic E-state index is 0.289. The molecule has 0 unspecified atom stereocenters. The first kappa shape index (κ1) is 9.93. The lowest BCUT2D eigenvalue weighted by Crippen LogP contribution is -1.93. The molecule has 0 atom stereocenters. The molecule has 1 rings (SSSR count). The van der Waals surface area contributed by atoms with E-state index in [1.54, 1.807) is 6.26 Å². The van der Waals surface area contributed by atoms with Crippen molar-refractivity contribution in [1.29, 1.82) is 5.26 Å². The molecule has 0 aliphatic rings. The third kappa shape index (κ3) is 2.16. The Kier molecular flexibility index (Phi) is 3.20. The molecule has 2 nitrogen and oxygen atoms in total. The summed E-state index contributed by atoms with van der Waals surface area (Å²) in [6, 6.07) is 4.42. The zero-order valence-electron chi connectivity index (χ0n) is 6.79. The molecule has 0 radical (unpaired) electrons. The predicted molar refractivity (Wildman–Crippen MR) is 45.7 cm³/mol. The minimum Gasteiger partial charge on any atom is -0.239 e. The van der Waals surface area contributed by atoms with Gasteiger partial charge in [-0.05, 0) is 18.4 Å². The van der Waals surface area contributed by atoms with Gasteiger partial charge < -0.3 is 0 Å². The van der Waals surface area contributed by atoms with E-state index in [0.29, 0.717) is 10.6 Å². The molecule has 5 heteroatoms. The summed E-state index contributed by atoms with van der Waals surface area (Å²) in [7, 11) is 0. The molecule has 0 fully saturated rings. The second-order valence-corrected chi connectivity index (χ2v) is 3.00. The number of nitrogens with zero attached hydrogens (tertiary/aromatic N) is 2. The molecule has 68 valence electrons. The number of hydrogen-bond donors (Lipinski definition) is 0. The van der Waals surface area contributed by atoms with Crippen LogP contribution in [-0.2, 0) is 0 Å². The Balaban J connectivity index is 3.15. The van der Waals surface area contributed by atoms with Crippen molar-refractivity contribution >= 4 is 11.8 Å². The number of aromatic nitrogens is 1. The largest absolute Gasteiger partial charge is 0.280 e. The number of alkyl halides is 2. The first-order valence-corrected chi connectivity index (χ1v) is 4.64. The standard InChI is InChI=1S/C8H6F2N2S/c1-13-8-5(4-11)2-3-6(12-8)7(9)10/h2-3,7H,1H3. The maximum atomic E-state index is 12.2. The number of thioether (sulfide) groups is 1. The highest BCUT2D eigenvalue weighted by atomic mass is 32.2. The lowest BCUT2D eigenvalue weighted by molar-refractivity contribution is 0.145. The topological polar surface area (TPSA) is 36.7 Å². The molecule has 1 heterocycles. The van der Waals surface area contributed by atoms with E-state index in [4.69, 9.17) is 5.26 Å². The summed E-state index contributed by atoms with van der Waals surface area (Å²) in [5.74, 6) is 0. The Morgan fingerprint density at radius 3 is 2.69 bits per heavy atom. The van der Waals surface area contributed by atoms with E-state index in [9.17, 15) is 8.78 Å². The molecule has 0 amide bonds. The molecule has 0 saturated carbocycles. The maximum Gasteiger partial charge on any atom is 0.280 e. The second kappa shape index (κ2) is 4.19. The van der Waals surface area contributed by atoms with Crippen LogP contribution in [-0.4, -0.2) is 11.2 Å². The van der Waals surface area contributed by atoms with Gasteiger partial charge in [0, 0.05) is 0 Å². The Labute approximate surface area is 78.6 Å². The monoisotopic (exact) mass is 200 g/mol. The van der Waals surface area contributed by atoms with Gasteiger partial charge in [-0.1, -0.05) is 0 Å². The van der Waals surface area contributed by atoms with Crippen LogP contribution >= 0.6 is 11.8 Å². The highest BCUT2D eigenvalue weighted by Crippen LogP contribution is 2.22. The fourth-order valence-corrected chi connectivity index (χ4v) is 1.35. The SMILES string of the molecule is CSc1nc(C(F)F)ccc1C#N. The zero-order chi connectivity index (χ0) is 9.84. The summed E-state index contributed by atoms with van der Waals surface area (Å²) in [5.41, 5.74) is 0.0419. The van der Waals surface area contributed by atoms with E-state index in [0.717, 1.165) is 0 Å². The van der Waals surface area contributed by atoms with Gasteiger partial charge in [0.15, 0.2) is 0 Å². The van der Waals surface area contributed by atoms with E-state index in [-0.39, 0.29) is 5.69 Å². The normalized spacial score (nSPS) is 10.1. The van der Waals surface area contributed by atoms with Crippen LogP contribution in [0.25, 0.3) is 0 Å². The van der Waals surface area contributed by atoms with Crippen LogP contribution in [0.5, 0.6) is 0 Å². The van der Waals surface area contributed by atoms with Gasteiger partial charge in [-0.15, -0.1) is 11.8 Å². The molecular formula is C8H6F2N2S. The predicted octanol–water partition coefficient (Wildman–Crippen LogP) is 2.61. The van der Waals surface area contributed by atoms with Gasteiger partial charge in [-0.3, -0.25) is 0 Å². The number of nitriles is 1. The van der Waals surface area contributed by atoms with Gasteiger partial charge in [0.05, 0.1) is 5.56 Å². The van der Waals surface area contributed by atoms with Crippen molar-refractivity contribution in [1.82, 2.24) is 4.98 Å². The molecule has 0 saturated heterocycles. The minimum atomic E-state index is -2.58. The van der Waals surface area contributed by atoms with Crippen LogP contribution in [0.1, 0.15) is 17.7 Å². The van der Waals surface area contributed by atoms with Crippen molar-refractivity contribution in [3.63, 3.8) is 0 Å². The van der Waals surface area contributed by atoms with Gasteiger partial charge in [0.2, 0.25) is 0 Å². The third-order valence-electron chi connectivity index (χ3n) is 1.42. The van der Waals surface area contributed by atoms with Gasteiger partial charge in [0.25, 0.3) is 6.43 Å². The maximum absolute atomic E-state index is 12.2. The fraction of sp³-hybridized carbons (Fsp3) is 0.250. The molecular weight excluding hydrogens is 194 g/mol. The molecule has 0 aliphatic carbocycles. The highest BCUT2D eigenvalue weighted by molar-refractivity contribution is 7.98. The number of rotatable bonds is 2. The average Bonchev–Trinajstić information content (AvgIpc) is 2.16. The third-order valence-corrected chi connectivity index (χ3v) is 2.12.